The Bertz CT molecular complexity index is 2050. The number of hydrogen-bond donors (Lipinski definition) is 1. The van der Waals surface area contributed by atoms with Crippen molar-refractivity contribution >= 4 is 54.7 Å². The third-order valence-corrected chi connectivity index (χ3v) is 11.6. The fraction of sp³-hybridized carbons (Fsp3) is 0.455. The molecule has 14 heteroatoms. The largest absolute Gasteiger partial charge is 0.489 e. The lowest BCUT2D eigenvalue weighted by molar-refractivity contribution is 0.107. The molecule has 2 aromatic heterocycles. The van der Waals surface area contributed by atoms with E-state index in [0.29, 0.717) is 31.7 Å². The van der Waals surface area contributed by atoms with E-state index in [-0.39, 0.29) is 84.6 Å². The van der Waals surface area contributed by atoms with Gasteiger partial charge in [-0.05, 0) is 50.3 Å². The van der Waals surface area contributed by atoms with Crippen molar-refractivity contribution in [3.63, 3.8) is 0 Å². The number of alkyl halides is 1. The number of nitrogen functional groups attached to an aromatic ring is 1. The van der Waals surface area contributed by atoms with Crippen molar-refractivity contribution in [3.05, 3.63) is 34.4 Å². The molecule has 2 N–H and O–H groups in total. The Morgan fingerprint density at radius 2 is 2.04 bits per heavy atom. The highest BCUT2D eigenvalue weighted by molar-refractivity contribution is 7.23. The first-order valence-electron chi connectivity index (χ1n) is 15.7. The smallest absolute Gasteiger partial charge is 0.319 e. The fourth-order valence-electron chi connectivity index (χ4n) is 8.10. The molecule has 0 bridgehead atoms. The molecule has 3 fully saturated rings. The zero-order chi connectivity index (χ0) is 32.6. The van der Waals surface area contributed by atoms with Crippen LogP contribution in [0, 0.1) is 40.2 Å². The summed E-state index contributed by atoms with van der Waals surface area (Å²) in [5.74, 6) is -0.991. The van der Waals surface area contributed by atoms with Gasteiger partial charge in [0.2, 0.25) is 0 Å². The second kappa shape index (κ2) is 11.3. The minimum atomic E-state index is -0.953. The van der Waals surface area contributed by atoms with Gasteiger partial charge in [-0.1, -0.05) is 17.7 Å². The number of benzene rings is 2. The van der Waals surface area contributed by atoms with Gasteiger partial charge in [-0.2, -0.15) is 20.5 Å². The van der Waals surface area contributed by atoms with E-state index in [1.54, 1.807) is 0 Å². The maximum absolute atomic E-state index is 17.1. The summed E-state index contributed by atoms with van der Waals surface area (Å²) >= 11 is 7.91. The normalized spacial score (nSPS) is 25.5. The van der Waals surface area contributed by atoms with Crippen LogP contribution in [0.5, 0.6) is 11.8 Å². The Morgan fingerprint density at radius 1 is 1.19 bits per heavy atom. The number of aromatic nitrogens is 2. The molecule has 4 atom stereocenters. The number of rotatable bonds is 5. The van der Waals surface area contributed by atoms with Crippen molar-refractivity contribution in [2.24, 2.45) is 5.92 Å². The molecule has 47 heavy (non-hydrogen) atoms. The molecule has 1 saturated carbocycles. The van der Waals surface area contributed by atoms with Crippen molar-refractivity contribution in [1.29, 1.82) is 10.5 Å². The monoisotopic (exact) mass is 679 g/mol. The first-order valence-corrected chi connectivity index (χ1v) is 16.9. The van der Waals surface area contributed by atoms with Crippen LogP contribution in [0.15, 0.2) is 12.1 Å². The first kappa shape index (κ1) is 30.3. The zero-order valence-corrected chi connectivity index (χ0v) is 26.7. The van der Waals surface area contributed by atoms with Gasteiger partial charge in [0.05, 0.1) is 38.8 Å². The third kappa shape index (κ3) is 4.66. The number of fused-ring (bicyclic) bond motifs is 2. The van der Waals surface area contributed by atoms with Gasteiger partial charge in [-0.25, -0.2) is 13.2 Å². The number of thiophene rings is 1. The molecule has 2 unspecified atom stereocenters. The Morgan fingerprint density at radius 3 is 2.83 bits per heavy atom. The van der Waals surface area contributed by atoms with Gasteiger partial charge in [0.1, 0.15) is 47.6 Å². The summed E-state index contributed by atoms with van der Waals surface area (Å²) in [6.07, 6.45) is 3.17. The summed E-state index contributed by atoms with van der Waals surface area (Å²) in [5.41, 5.74) is 5.57. The van der Waals surface area contributed by atoms with Crippen molar-refractivity contribution in [2.75, 3.05) is 43.5 Å². The molecule has 3 aliphatic heterocycles. The van der Waals surface area contributed by atoms with Crippen LogP contribution in [0.25, 0.3) is 32.1 Å². The Hall–Kier alpha value is -4.04. The van der Waals surface area contributed by atoms with Gasteiger partial charge in [0.15, 0.2) is 11.6 Å². The molecule has 242 valence electrons. The lowest BCUT2D eigenvalue weighted by Gasteiger charge is -2.31. The summed E-state index contributed by atoms with van der Waals surface area (Å²) < 4.78 is 59.2. The molecule has 0 radical (unpaired) electrons. The van der Waals surface area contributed by atoms with E-state index in [1.807, 2.05) is 11.0 Å². The highest BCUT2D eigenvalue weighted by Crippen LogP contribution is 2.51. The van der Waals surface area contributed by atoms with E-state index in [0.717, 1.165) is 43.6 Å². The number of hydrogen-bond acceptors (Lipinski definition) is 10. The summed E-state index contributed by atoms with van der Waals surface area (Å²) in [6, 6.07) is 6.82. The maximum atomic E-state index is 17.1. The number of nitrogens with two attached hydrogens (primary N) is 1. The van der Waals surface area contributed by atoms with E-state index in [1.165, 1.54) is 12.1 Å². The summed E-state index contributed by atoms with van der Waals surface area (Å²) in [4.78, 5) is 13.5. The van der Waals surface area contributed by atoms with Crippen LogP contribution in [0.3, 0.4) is 0 Å². The zero-order valence-electron chi connectivity index (χ0n) is 25.2. The molecule has 2 saturated heterocycles. The Balaban J connectivity index is 1.34. The third-order valence-electron chi connectivity index (χ3n) is 10.3. The Labute approximate surface area is 277 Å². The fourth-order valence-corrected chi connectivity index (χ4v) is 9.38. The number of anilines is 2. The molecule has 9 nitrogen and oxygen atoms in total. The first-order chi connectivity index (χ1) is 22.7. The number of nitrogens with zero attached hydrogens (tertiary/aromatic N) is 6. The molecular weight excluding hydrogens is 651 g/mol. The van der Waals surface area contributed by atoms with Crippen LogP contribution < -0.4 is 20.1 Å². The van der Waals surface area contributed by atoms with Crippen molar-refractivity contribution in [3.8, 4) is 35.0 Å². The topological polar surface area (TPSA) is 124 Å². The quantitative estimate of drug-likeness (QED) is 0.244. The van der Waals surface area contributed by atoms with Crippen molar-refractivity contribution in [2.45, 2.75) is 56.3 Å². The average Bonchev–Trinajstić information content (AvgIpc) is 3.80. The highest BCUT2D eigenvalue weighted by Gasteiger charge is 2.49. The molecule has 5 heterocycles. The Kier molecular flexibility index (Phi) is 7.28. The summed E-state index contributed by atoms with van der Waals surface area (Å²) in [5, 5.41) is 20.0. The van der Waals surface area contributed by atoms with Gasteiger partial charge in [0.25, 0.3) is 0 Å². The van der Waals surface area contributed by atoms with Gasteiger partial charge >= 0.3 is 6.01 Å². The van der Waals surface area contributed by atoms with Crippen LogP contribution in [-0.4, -0.2) is 65.5 Å². The second-order valence-electron chi connectivity index (χ2n) is 12.8. The van der Waals surface area contributed by atoms with Crippen molar-refractivity contribution < 1.29 is 22.6 Å². The lowest BCUT2D eigenvalue weighted by atomic mass is 9.95. The molecule has 0 amide bonds. The molecular formula is C33H29ClF3N7O2S. The van der Waals surface area contributed by atoms with Crippen LogP contribution >= 0.6 is 22.9 Å². The van der Waals surface area contributed by atoms with Crippen LogP contribution in [-0.2, 0) is 0 Å². The lowest BCUT2D eigenvalue weighted by Crippen LogP contribution is -2.43. The van der Waals surface area contributed by atoms with Gasteiger partial charge in [-0.3, -0.25) is 4.90 Å². The molecule has 1 aliphatic carbocycles. The average molecular weight is 680 g/mol. The molecule has 0 spiro atoms. The molecule has 4 aromatic rings. The molecule has 4 aliphatic rings. The summed E-state index contributed by atoms with van der Waals surface area (Å²) in [6.45, 7) is 1.85. The van der Waals surface area contributed by atoms with Crippen LogP contribution in [0.1, 0.15) is 44.1 Å². The minimum absolute atomic E-state index is 0.0248. The molecule has 2 aromatic carbocycles. The molecule has 8 rings (SSSR count). The number of nitriles is 2. The van der Waals surface area contributed by atoms with Gasteiger partial charge < -0.3 is 20.1 Å². The standard InChI is InChI=1S/C33H29ClF3N7O2S/c34-25-23(19-4-5-21(36)29-22(19)20(13-39)30(40)47-29)26(37)27-24-28(25)45-9-8-44(18-3-2-16(10-18)12-38)31(24)42-32(41-27)46-15-33-6-1-7-43(33)14-17(35)11-33/h4-5,16-18H,1-3,6-11,14-15,40H2/t16?,17-,18?,33+/m1/s1. The maximum Gasteiger partial charge on any atom is 0.319 e. The van der Waals surface area contributed by atoms with E-state index in [9.17, 15) is 19.3 Å². The SMILES string of the molecule is N#Cc1c(N)sc2c(F)ccc(-c3c(Cl)c4c5c(nc(OC[C@@]67CCCN6C[C@H](F)C7)nc5c3F)N(C3CCC(C#N)C3)CCO4)c12. The minimum Gasteiger partial charge on any atom is -0.489 e. The second-order valence-corrected chi connectivity index (χ2v) is 14.3. The highest BCUT2D eigenvalue weighted by atomic mass is 35.5. The van der Waals surface area contributed by atoms with E-state index in [4.69, 9.17) is 31.8 Å². The number of halogens is 4. The van der Waals surface area contributed by atoms with Crippen LogP contribution in [0.4, 0.5) is 24.0 Å². The summed E-state index contributed by atoms with van der Waals surface area (Å²) in [7, 11) is 0. The van der Waals surface area contributed by atoms with Crippen LogP contribution in [0.2, 0.25) is 5.02 Å². The van der Waals surface area contributed by atoms with Gasteiger partial charge in [-0.15, -0.1) is 11.3 Å². The predicted octanol–water partition coefficient (Wildman–Crippen LogP) is 6.74. The predicted molar refractivity (Wildman–Crippen MR) is 173 cm³/mol. The van der Waals surface area contributed by atoms with E-state index in [2.05, 4.69) is 16.0 Å². The van der Waals surface area contributed by atoms with Crippen molar-refractivity contribution in [1.82, 2.24) is 14.9 Å². The van der Waals surface area contributed by atoms with E-state index >= 15 is 4.39 Å². The van der Waals surface area contributed by atoms with Gasteiger partial charge in [0, 0.05) is 35.9 Å². The van der Waals surface area contributed by atoms with E-state index < -0.39 is 23.3 Å². The number of ether oxygens (including phenoxy) is 2.